The topological polar surface area (TPSA) is 60.2 Å². The van der Waals surface area contributed by atoms with E-state index in [-0.39, 0.29) is 11.3 Å². The number of aromatic nitrogens is 3. The van der Waals surface area contributed by atoms with Gasteiger partial charge in [-0.2, -0.15) is 5.10 Å². The smallest absolute Gasteiger partial charge is 0.174 e. The van der Waals surface area contributed by atoms with Crippen LogP contribution in [0.4, 0.5) is 0 Å². The summed E-state index contributed by atoms with van der Waals surface area (Å²) in [4.78, 5) is 4.78. The van der Waals surface area contributed by atoms with Gasteiger partial charge in [0.15, 0.2) is 21.2 Å². The van der Waals surface area contributed by atoms with Crippen LogP contribution in [0.15, 0.2) is 97.3 Å². The summed E-state index contributed by atoms with van der Waals surface area (Å²) in [5.74, 6) is 0.200. The first-order valence-corrected chi connectivity index (χ1v) is 14.9. The Labute approximate surface area is 210 Å². The van der Waals surface area contributed by atoms with E-state index in [9.17, 15) is 5.11 Å². The van der Waals surface area contributed by atoms with Crippen LogP contribution in [0.25, 0.3) is 0 Å². The highest BCUT2D eigenvalue weighted by Crippen LogP contribution is 2.42. The maximum absolute atomic E-state index is 11.1. The molecule has 4 rings (SSSR count). The monoisotopic (exact) mass is 485 g/mol. The van der Waals surface area contributed by atoms with Crippen LogP contribution in [-0.4, -0.2) is 35.2 Å². The molecule has 0 aliphatic carbocycles. The van der Waals surface area contributed by atoms with Gasteiger partial charge in [-0.25, -0.2) is 9.67 Å². The summed E-state index contributed by atoms with van der Waals surface area (Å²) >= 11 is 0. The normalized spacial score (nSPS) is 14.1. The Bertz CT molecular complexity index is 1110. The van der Waals surface area contributed by atoms with Crippen molar-refractivity contribution in [2.24, 2.45) is 5.41 Å². The Balaban J connectivity index is 1.97. The van der Waals surface area contributed by atoms with E-state index in [1.165, 1.54) is 0 Å². The zero-order chi connectivity index (χ0) is 25.1. The minimum Gasteiger partial charge on any atom is -0.396 e. The van der Waals surface area contributed by atoms with E-state index in [1.807, 2.05) is 22.9 Å². The van der Waals surface area contributed by atoms with Crippen molar-refractivity contribution in [3.05, 3.63) is 120 Å². The number of nitrogens with zero attached hydrogens (tertiary/aromatic N) is 3. The van der Waals surface area contributed by atoms with Crippen molar-refractivity contribution < 1.29 is 9.53 Å². The van der Waals surface area contributed by atoms with E-state index in [1.54, 1.807) is 6.33 Å². The van der Waals surface area contributed by atoms with E-state index in [4.69, 9.17) is 14.5 Å². The standard InChI is InChI=1S/C29H35N3O2Si/c1-28(2,3)25(27(33)34-35(4)5)26-30-21-32(31-26)29(22-15-9-6-10-16-22,23-17-11-7-12-18-23)24-19-13-8-14-20-24/h6-21,25,27,33,35H,1-5H3. The van der Waals surface area contributed by atoms with Gasteiger partial charge in [0.05, 0.1) is 5.92 Å². The molecule has 0 aliphatic heterocycles. The van der Waals surface area contributed by atoms with E-state index < -0.39 is 20.9 Å². The molecule has 1 N–H and O–H groups in total. The number of rotatable bonds is 8. The van der Waals surface area contributed by atoms with Gasteiger partial charge in [-0.15, -0.1) is 0 Å². The molecule has 0 saturated carbocycles. The summed E-state index contributed by atoms with van der Waals surface area (Å²) in [7, 11) is -1.47. The molecule has 5 nitrogen and oxygen atoms in total. The number of benzene rings is 3. The third-order valence-electron chi connectivity index (χ3n) is 6.34. The van der Waals surface area contributed by atoms with Crippen LogP contribution in [0.2, 0.25) is 13.1 Å². The Kier molecular flexibility index (Phi) is 7.35. The van der Waals surface area contributed by atoms with E-state index in [2.05, 4.69) is 107 Å². The zero-order valence-corrected chi connectivity index (χ0v) is 22.3. The predicted molar refractivity (Wildman–Crippen MR) is 143 cm³/mol. The molecule has 4 aromatic rings. The minimum atomic E-state index is -1.47. The molecule has 1 aromatic heterocycles. The van der Waals surface area contributed by atoms with E-state index >= 15 is 0 Å². The zero-order valence-electron chi connectivity index (χ0n) is 21.2. The average molecular weight is 486 g/mol. The maximum Gasteiger partial charge on any atom is 0.174 e. The van der Waals surface area contributed by atoms with Crippen LogP contribution < -0.4 is 0 Å². The van der Waals surface area contributed by atoms with Crippen molar-refractivity contribution in [2.75, 3.05) is 0 Å². The maximum atomic E-state index is 11.1. The fourth-order valence-electron chi connectivity index (χ4n) is 4.81. The highest BCUT2D eigenvalue weighted by atomic mass is 28.3. The summed E-state index contributed by atoms with van der Waals surface area (Å²) in [6.45, 7) is 10.4. The molecule has 1 heterocycles. The Morgan fingerprint density at radius 1 is 0.771 bits per heavy atom. The van der Waals surface area contributed by atoms with Gasteiger partial charge in [-0.1, -0.05) is 112 Å². The first-order valence-electron chi connectivity index (χ1n) is 12.2. The van der Waals surface area contributed by atoms with Gasteiger partial charge < -0.3 is 9.53 Å². The molecule has 6 heteroatoms. The predicted octanol–water partition coefficient (Wildman–Crippen LogP) is 5.57. The summed E-state index contributed by atoms with van der Waals surface area (Å²) in [5, 5.41) is 16.1. The van der Waals surface area contributed by atoms with Crippen molar-refractivity contribution in [1.82, 2.24) is 14.8 Å². The molecule has 0 fully saturated rings. The van der Waals surface area contributed by atoms with Crippen LogP contribution in [0.1, 0.15) is 49.2 Å². The average Bonchev–Trinajstić information content (AvgIpc) is 3.30. The van der Waals surface area contributed by atoms with Gasteiger partial charge in [-0.05, 0) is 35.2 Å². The molecule has 0 radical (unpaired) electrons. The Hall–Kier alpha value is -3.06. The fraction of sp³-hybridized carbons (Fsp3) is 0.310. The first kappa shape index (κ1) is 25.0. The van der Waals surface area contributed by atoms with Crippen molar-refractivity contribution in [2.45, 2.75) is 51.6 Å². The molecule has 3 aromatic carbocycles. The molecular formula is C29H35N3O2Si. The lowest BCUT2D eigenvalue weighted by Gasteiger charge is -2.36. The van der Waals surface area contributed by atoms with Crippen LogP contribution in [0.5, 0.6) is 0 Å². The molecule has 0 bridgehead atoms. The molecule has 0 amide bonds. The van der Waals surface area contributed by atoms with Crippen molar-refractivity contribution >= 4 is 9.04 Å². The third kappa shape index (κ3) is 5.01. The second kappa shape index (κ2) is 10.3. The summed E-state index contributed by atoms with van der Waals surface area (Å²) in [6.07, 6.45) is 0.831. The van der Waals surface area contributed by atoms with E-state index in [0.29, 0.717) is 5.82 Å². The molecule has 35 heavy (non-hydrogen) atoms. The van der Waals surface area contributed by atoms with Gasteiger partial charge in [0.2, 0.25) is 0 Å². The highest BCUT2D eigenvalue weighted by molar-refractivity contribution is 6.48. The number of hydrogen-bond acceptors (Lipinski definition) is 4. The third-order valence-corrected chi connectivity index (χ3v) is 7.16. The molecular weight excluding hydrogens is 450 g/mol. The quantitative estimate of drug-likeness (QED) is 0.201. The summed E-state index contributed by atoms with van der Waals surface area (Å²) in [5.41, 5.74) is 2.19. The fourth-order valence-corrected chi connectivity index (χ4v) is 5.53. The van der Waals surface area contributed by atoms with Crippen molar-refractivity contribution in [3.8, 4) is 0 Å². The lowest BCUT2D eigenvalue weighted by molar-refractivity contribution is -0.0687. The van der Waals surface area contributed by atoms with Gasteiger partial charge in [0.1, 0.15) is 11.9 Å². The Morgan fingerprint density at radius 3 is 1.57 bits per heavy atom. The second-order valence-corrected chi connectivity index (χ2v) is 12.6. The molecule has 2 atom stereocenters. The molecule has 0 aliphatic rings. The van der Waals surface area contributed by atoms with Crippen molar-refractivity contribution in [1.29, 1.82) is 0 Å². The second-order valence-electron chi connectivity index (χ2n) is 10.3. The molecule has 0 saturated heterocycles. The van der Waals surface area contributed by atoms with Gasteiger partial charge in [0.25, 0.3) is 0 Å². The summed E-state index contributed by atoms with van der Waals surface area (Å²) < 4.78 is 7.89. The van der Waals surface area contributed by atoms with Crippen LogP contribution >= 0.6 is 0 Å². The van der Waals surface area contributed by atoms with E-state index in [0.717, 1.165) is 16.7 Å². The SMILES string of the molecule is C[SiH](C)OC(O)C(c1ncn(C(c2ccccc2)(c2ccccc2)c2ccccc2)n1)C(C)(C)C. The number of aliphatic hydroxyl groups excluding tert-OH is 1. The molecule has 2 unspecified atom stereocenters. The highest BCUT2D eigenvalue weighted by Gasteiger charge is 2.42. The van der Waals surface area contributed by atoms with Gasteiger partial charge in [-0.3, -0.25) is 0 Å². The first-order chi connectivity index (χ1) is 16.7. The lowest BCUT2D eigenvalue weighted by atomic mass is 9.77. The van der Waals surface area contributed by atoms with Gasteiger partial charge in [0, 0.05) is 0 Å². The van der Waals surface area contributed by atoms with Crippen molar-refractivity contribution in [3.63, 3.8) is 0 Å². The van der Waals surface area contributed by atoms with Gasteiger partial charge >= 0.3 is 0 Å². The Morgan fingerprint density at radius 2 is 1.20 bits per heavy atom. The summed E-state index contributed by atoms with van der Waals surface area (Å²) in [6, 6.07) is 31.2. The molecule has 0 spiro atoms. The van der Waals surface area contributed by atoms with Crippen LogP contribution in [0.3, 0.4) is 0 Å². The minimum absolute atomic E-state index is 0.302. The van der Waals surface area contributed by atoms with Crippen LogP contribution in [-0.2, 0) is 9.96 Å². The largest absolute Gasteiger partial charge is 0.396 e. The number of hydrogen-bond donors (Lipinski definition) is 1. The lowest BCUT2D eigenvalue weighted by Crippen LogP contribution is -2.39. The molecule has 182 valence electrons. The number of aliphatic hydroxyl groups is 1. The van der Waals surface area contributed by atoms with Crippen LogP contribution in [0, 0.1) is 5.41 Å².